The monoisotopic (exact) mass is 407 g/mol. The largest absolute Gasteiger partial charge is 0.390 e. The molecular weight excluding hydrogens is 388 g/mol. The highest BCUT2D eigenvalue weighted by molar-refractivity contribution is 5.99. The van der Waals surface area contributed by atoms with Gasteiger partial charge in [-0.05, 0) is 30.3 Å². The summed E-state index contributed by atoms with van der Waals surface area (Å²) in [5.74, 6) is -1.59. The number of pyridine rings is 1. The standard InChI is InChI=1S/C23H19F2N3O2/c24-19-9-3-1-7-16(19)14-28(23(29)18-8-2-4-10-20(18)25)15-17-13-22(27-30-17)21-11-5-6-12-26-21/h1-12,17H,13-15H2/t17-/m0/s1. The predicted molar refractivity (Wildman–Crippen MR) is 108 cm³/mol. The molecular formula is C23H19F2N3O2. The zero-order valence-corrected chi connectivity index (χ0v) is 16.0. The molecule has 3 aromatic rings. The van der Waals surface area contributed by atoms with Gasteiger partial charge in [0.25, 0.3) is 5.91 Å². The number of hydrogen-bond acceptors (Lipinski definition) is 4. The third-order valence-corrected chi connectivity index (χ3v) is 4.83. The molecule has 0 saturated heterocycles. The number of oxime groups is 1. The van der Waals surface area contributed by atoms with Crippen molar-refractivity contribution in [3.63, 3.8) is 0 Å². The fourth-order valence-corrected chi connectivity index (χ4v) is 3.31. The van der Waals surface area contributed by atoms with Crippen LogP contribution in [0.2, 0.25) is 0 Å². The van der Waals surface area contributed by atoms with Crippen LogP contribution in [0.4, 0.5) is 8.78 Å². The number of carbonyl (C=O) groups excluding carboxylic acids is 1. The van der Waals surface area contributed by atoms with E-state index in [0.717, 1.165) is 0 Å². The highest BCUT2D eigenvalue weighted by Gasteiger charge is 2.29. The molecule has 0 N–H and O–H groups in total. The Kier molecular flexibility index (Phi) is 5.79. The summed E-state index contributed by atoms with van der Waals surface area (Å²) in [4.78, 5) is 24.2. The van der Waals surface area contributed by atoms with Gasteiger partial charge in [0.2, 0.25) is 0 Å². The second kappa shape index (κ2) is 8.82. The molecule has 0 unspecified atom stereocenters. The topological polar surface area (TPSA) is 54.8 Å². The minimum atomic E-state index is -0.626. The van der Waals surface area contributed by atoms with Crippen molar-refractivity contribution in [1.29, 1.82) is 0 Å². The molecule has 4 rings (SSSR count). The predicted octanol–water partition coefficient (Wildman–Crippen LogP) is 4.20. The molecule has 7 heteroatoms. The van der Waals surface area contributed by atoms with Crippen LogP contribution in [-0.4, -0.2) is 34.2 Å². The first-order valence-corrected chi connectivity index (χ1v) is 9.53. The number of nitrogens with zero attached hydrogens (tertiary/aromatic N) is 3. The van der Waals surface area contributed by atoms with Gasteiger partial charge in [-0.3, -0.25) is 9.78 Å². The van der Waals surface area contributed by atoms with Gasteiger partial charge in [-0.25, -0.2) is 8.78 Å². The van der Waals surface area contributed by atoms with Gasteiger partial charge in [0.1, 0.15) is 17.3 Å². The van der Waals surface area contributed by atoms with Gasteiger partial charge in [0, 0.05) is 24.7 Å². The quantitative estimate of drug-likeness (QED) is 0.616. The molecule has 0 saturated carbocycles. The maximum Gasteiger partial charge on any atom is 0.257 e. The zero-order chi connectivity index (χ0) is 20.9. The van der Waals surface area contributed by atoms with Gasteiger partial charge in [-0.2, -0.15) is 0 Å². The molecule has 1 amide bonds. The maximum atomic E-state index is 14.2. The summed E-state index contributed by atoms with van der Waals surface area (Å²) in [5, 5.41) is 4.08. The number of aromatic nitrogens is 1. The van der Waals surface area contributed by atoms with Crippen LogP contribution < -0.4 is 0 Å². The van der Waals surface area contributed by atoms with Crippen molar-refractivity contribution in [1.82, 2.24) is 9.88 Å². The molecule has 1 atom stereocenters. The van der Waals surface area contributed by atoms with Crippen LogP contribution in [0.5, 0.6) is 0 Å². The third-order valence-electron chi connectivity index (χ3n) is 4.83. The molecule has 0 aliphatic carbocycles. The Hall–Kier alpha value is -3.61. The van der Waals surface area contributed by atoms with E-state index in [1.807, 2.05) is 12.1 Å². The van der Waals surface area contributed by atoms with Crippen LogP contribution in [0.25, 0.3) is 0 Å². The molecule has 2 heterocycles. The number of benzene rings is 2. The highest BCUT2D eigenvalue weighted by Crippen LogP contribution is 2.20. The van der Waals surface area contributed by atoms with Crippen LogP contribution in [0.3, 0.4) is 0 Å². The van der Waals surface area contributed by atoms with Crippen LogP contribution in [0.15, 0.2) is 78.1 Å². The molecule has 152 valence electrons. The molecule has 2 aromatic carbocycles. The maximum absolute atomic E-state index is 14.2. The van der Waals surface area contributed by atoms with E-state index in [-0.39, 0.29) is 18.7 Å². The van der Waals surface area contributed by atoms with E-state index in [1.54, 1.807) is 36.5 Å². The highest BCUT2D eigenvalue weighted by atomic mass is 19.1. The first kappa shape index (κ1) is 19.7. The lowest BCUT2D eigenvalue weighted by Crippen LogP contribution is -2.38. The van der Waals surface area contributed by atoms with Gasteiger partial charge in [0.15, 0.2) is 6.10 Å². The van der Waals surface area contributed by atoms with Gasteiger partial charge in [-0.15, -0.1) is 0 Å². The Balaban J connectivity index is 1.54. The molecule has 5 nitrogen and oxygen atoms in total. The van der Waals surface area contributed by atoms with Gasteiger partial charge >= 0.3 is 0 Å². The Bertz CT molecular complexity index is 1070. The van der Waals surface area contributed by atoms with E-state index in [2.05, 4.69) is 10.1 Å². The summed E-state index contributed by atoms with van der Waals surface area (Å²) in [5.41, 5.74) is 1.63. The first-order valence-electron chi connectivity index (χ1n) is 9.53. The molecule has 1 aromatic heterocycles. The molecule has 30 heavy (non-hydrogen) atoms. The first-order chi connectivity index (χ1) is 14.6. The average Bonchev–Trinajstić information content (AvgIpc) is 3.24. The Labute approximate surface area is 172 Å². The van der Waals surface area contributed by atoms with Crippen molar-refractivity contribution in [2.24, 2.45) is 5.16 Å². The molecule has 1 aliphatic heterocycles. The molecule has 1 aliphatic rings. The average molecular weight is 407 g/mol. The number of amides is 1. The normalized spacial score (nSPS) is 15.4. The van der Waals surface area contributed by atoms with Gasteiger partial charge < -0.3 is 9.74 Å². The summed E-state index contributed by atoms with van der Waals surface area (Å²) in [6.45, 7) is 0.111. The molecule has 0 fully saturated rings. The fraction of sp³-hybridized carbons (Fsp3) is 0.174. The third kappa shape index (κ3) is 4.35. The van der Waals surface area contributed by atoms with E-state index in [0.29, 0.717) is 23.4 Å². The van der Waals surface area contributed by atoms with Crippen molar-refractivity contribution < 1.29 is 18.4 Å². The number of halogens is 2. The number of rotatable bonds is 6. The fourth-order valence-electron chi connectivity index (χ4n) is 3.31. The van der Waals surface area contributed by atoms with E-state index < -0.39 is 23.6 Å². The Morgan fingerprint density at radius 1 is 1.00 bits per heavy atom. The van der Waals surface area contributed by atoms with E-state index in [1.165, 1.54) is 29.2 Å². The van der Waals surface area contributed by atoms with Crippen LogP contribution in [0, 0.1) is 11.6 Å². The zero-order valence-electron chi connectivity index (χ0n) is 16.0. The summed E-state index contributed by atoms with van der Waals surface area (Å²) in [6.07, 6.45) is 1.66. The number of carbonyl (C=O) groups is 1. The second-order valence-electron chi connectivity index (χ2n) is 6.94. The second-order valence-corrected chi connectivity index (χ2v) is 6.94. The van der Waals surface area contributed by atoms with Crippen LogP contribution >= 0.6 is 0 Å². The van der Waals surface area contributed by atoms with Crippen LogP contribution in [-0.2, 0) is 11.4 Å². The smallest absolute Gasteiger partial charge is 0.257 e. The molecule has 0 spiro atoms. The lowest BCUT2D eigenvalue weighted by molar-refractivity contribution is 0.0400. The lowest BCUT2D eigenvalue weighted by Gasteiger charge is -2.25. The van der Waals surface area contributed by atoms with Gasteiger partial charge in [0.05, 0.1) is 17.8 Å². The van der Waals surface area contributed by atoms with Crippen molar-refractivity contribution >= 4 is 11.6 Å². The summed E-state index contributed by atoms with van der Waals surface area (Å²) >= 11 is 0. The lowest BCUT2D eigenvalue weighted by atomic mass is 10.1. The van der Waals surface area contributed by atoms with E-state index >= 15 is 0 Å². The van der Waals surface area contributed by atoms with Crippen molar-refractivity contribution in [2.75, 3.05) is 6.54 Å². The van der Waals surface area contributed by atoms with Crippen molar-refractivity contribution in [2.45, 2.75) is 19.1 Å². The number of hydrogen-bond donors (Lipinski definition) is 0. The Morgan fingerprint density at radius 2 is 1.73 bits per heavy atom. The molecule has 0 bridgehead atoms. The van der Waals surface area contributed by atoms with Gasteiger partial charge in [-0.1, -0.05) is 41.6 Å². The Morgan fingerprint density at radius 3 is 2.47 bits per heavy atom. The summed E-state index contributed by atoms with van der Waals surface area (Å²) in [7, 11) is 0. The summed E-state index contributed by atoms with van der Waals surface area (Å²) in [6, 6.07) is 17.4. The minimum absolute atomic E-state index is 0.0153. The SMILES string of the molecule is O=C(c1ccccc1F)N(Cc1ccccc1F)C[C@@H]1CC(c2ccccn2)=NO1. The summed E-state index contributed by atoms with van der Waals surface area (Å²) < 4.78 is 28.4. The van der Waals surface area contributed by atoms with Crippen molar-refractivity contribution in [3.8, 4) is 0 Å². The van der Waals surface area contributed by atoms with E-state index in [9.17, 15) is 13.6 Å². The van der Waals surface area contributed by atoms with Crippen molar-refractivity contribution in [3.05, 3.63) is 101 Å². The van der Waals surface area contributed by atoms with E-state index in [4.69, 9.17) is 4.84 Å². The minimum Gasteiger partial charge on any atom is -0.390 e. The van der Waals surface area contributed by atoms with Crippen LogP contribution in [0.1, 0.15) is 28.0 Å². The molecule has 0 radical (unpaired) electrons.